The Kier molecular flexibility index (Phi) is 4.39. The van der Waals surface area contributed by atoms with Gasteiger partial charge >= 0.3 is 0 Å². The molecule has 1 atom stereocenters. The lowest BCUT2D eigenvalue weighted by molar-refractivity contribution is -0.124. The maximum absolute atomic E-state index is 11.5. The molecular weight excluding hydrogens is 176 g/mol. The SMILES string of the molecule is CCCCC(N)C(=O)NC1CC(C)C1. The first-order chi connectivity index (χ1) is 6.63. The largest absolute Gasteiger partial charge is 0.352 e. The summed E-state index contributed by atoms with van der Waals surface area (Å²) in [4.78, 5) is 11.5. The number of hydrogen-bond acceptors (Lipinski definition) is 2. The first-order valence-corrected chi connectivity index (χ1v) is 5.69. The first kappa shape index (κ1) is 11.5. The van der Waals surface area contributed by atoms with E-state index < -0.39 is 0 Å². The third-order valence-corrected chi connectivity index (χ3v) is 2.93. The molecule has 1 amide bonds. The summed E-state index contributed by atoms with van der Waals surface area (Å²) >= 11 is 0. The number of unbranched alkanes of at least 4 members (excludes halogenated alkanes) is 1. The van der Waals surface area contributed by atoms with E-state index in [1.807, 2.05) is 0 Å². The molecule has 0 aromatic rings. The molecule has 3 nitrogen and oxygen atoms in total. The van der Waals surface area contributed by atoms with Crippen LogP contribution in [0.5, 0.6) is 0 Å². The van der Waals surface area contributed by atoms with Gasteiger partial charge in [-0.25, -0.2) is 0 Å². The van der Waals surface area contributed by atoms with Crippen molar-refractivity contribution in [3.63, 3.8) is 0 Å². The number of amides is 1. The highest BCUT2D eigenvalue weighted by Crippen LogP contribution is 2.26. The van der Waals surface area contributed by atoms with Crippen molar-refractivity contribution in [2.24, 2.45) is 11.7 Å². The van der Waals surface area contributed by atoms with Gasteiger partial charge in [0.25, 0.3) is 0 Å². The quantitative estimate of drug-likeness (QED) is 0.702. The molecule has 1 aliphatic rings. The Labute approximate surface area is 86.4 Å². The monoisotopic (exact) mass is 198 g/mol. The molecule has 1 unspecified atom stereocenters. The van der Waals surface area contributed by atoms with Gasteiger partial charge in [0.15, 0.2) is 0 Å². The number of carbonyl (C=O) groups is 1. The first-order valence-electron chi connectivity index (χ1n) is 5.69. The van der Waals surface area contributed by atoms with E-state index in [4.69, 9.17) is 5.73 Å². The molecular formula is C11H22N2O. The second kappa shape index (κ2) is 5.35. The van der Waals surface area contributed by atoms with Gasteiger partial charge in [-0.3, -0.25) is 4.79 Å². The maximum Gasteiger partial charge on any atom is 0.237 e. The fraction of sp³-hybridized carbons (Fsp3) is 0.909. The van der Waals surface area contributed by atoms with Crippen LogP contribution in [0.3, 0.4) is 0 Å². The smallest absolute Gasteiger partial charge is 0.237 e. The molecule has 0 heterocycles. The molecule has 14 heavy (non-hydrogen) atoms. The summed E-state index contributed by atoms with van der Waals surface area (Å²) in [6, 6.07) is 0.0935. The lowest BCUT2D eigenvalue weighted by Crippen LogP contribution is -2.49. The molecule has 3 heteroatoms. The van der Waals surface area contributed by atoms with Crippen LogP contribution < -0.4 is 11.1 Å². The minimum absolute atomic E-state index is 0.0374. The van der Waals surface area contributed by atoms with E-state index in [2.05, 4.69) is 19.2 Å². The van der Waals surface area contributed by atoms with Gasteiger partial charge in [0.05, 0.1) is 6.04 Å². The summed E-state index contributed by atoms with van der Waals surface area (Å²) in [5, 5.41) is 2.99. The Morgan fingerprint density at radius 1 is 1.57 bits per heavy atom. The van der Waals surface area contributed by atoms with E-state index >= 15 is 0 Å². The molecule has 0 aromatic carbocycles. The molecule has 82 valence electrons. The van der Waals surface area contributed by atoms with Crippen molar-refractivity contribution in [2.45, 2.75) is 58.0 Å². The minimum atomic E-state index is -0.300. The maximum atomic E-state index is 11.5. The molecule has 1 saturated carbocycles. The van der Waals surface area contributed by atoms with E-state index in [9.17, 15) is 4.79 Å². The summed E-state index contributed by atoms with van der Waals surface area (Å²) in [5.41, 5.74) is 5.75. The average molecular weight is 198 g/mol. The van der Waals surface area contributed by atoms with E-state index in [1.165, 1.54) is 0 Å². The van der Waals surface area contributed by atoms with Crippen LogP contribution >= 0.6 is 0 Å². The van der Waals surface area contributed by atoms with Gasteiger partial charge in [-0.2, -0.15) is 0 Å². The number of carbonyl (C=O) groups excluding carboxylic acids is 1. The molecule has 0 aliphatic heterocycles. The summed E-state index contributed by atoms with van der Waals surface area (Å²) in [7, 11) is 0. The van der Waals surface area contributed by atoms with Gasteiger partial charge in [-0.15, -0.1) is 0 Å². The molecule has 0 radical (unpaired) electrons. The lowest BCUT2D eigenvalue weighted by atomic mass is 9.82. The third-order valence-electron chi connectivity index (χ3n) is 2.93. The fourth-order valence-corrected chi connectivity index (χ4v) is 1.88. The second-order valence-electron chi connectivity index (χ2n) is 4.53. The number of nitrogens with two attached hydrogens (primary N) is 1. The van der Waals surface area contributed by atoms with Crippen LogP contribution in [0, 0.1) is 5.92 Å². The summed E-state index contributed by atoms with van der Waals surface area (Å²) < 4.78 is 0. The average Bonchev–Trinajstić information content (AvgIpc) is 2.11. The molecule has 0 saturated heterocycles. The van der Waals surface area contributed by atoms with Crippen LogP contribution in [-0.4, -0.2) is 18.0 Å². The van der Waals surface area contributed by atoms with Crippen LogP contribution in [0.15, 0.2) is 0 Å². The van der Waals surface area contributed by atoms with E-state index in [0.717, 1.165) is 38.0 Å². The van der Waals surface area contributed by atoms with Crippen LogP contribution in [0.2, 0.25) is 0 Å². The third kappa shape index (κ3) is 3.29. The van der Waals surface area contributed by atoms with Gasteiger partial charge in [0.2, 0.25) is 5.91 Å². The Hall–Kier alpha value is -0.570. The Morgan fingerprint density at radius 3 is 2.71 bits per heavy atom. The molecule has 1 rings (SSSR count). The van der Waals surface area contributed by atoms with Crippen molar-refractivity contribution < 1.29 is 4.79 Å². The van der Waals surface area contributed by atoms with Gasteiger partial charge in [-0.05, 0) is 25.2 Å². The number of nitrogens with one attached hydrogen (secondary N) is 1. The van der Waals surface area contributed by atoms with Crippen molar-refractivity contribution in [1.82, 2.24) is 5.32 Å². The van der Waals surface area contributed by atoms with Crippen molar-refractivity contribution in [3.8, 4) is 0 Å². The van der Waals surface area contributed by atoms with E-state index in [-0.39, 0.29) is 11.9 Å². The predicted octanol–water partition coefficient (Wildman–Crippen LogP) is 1.42. The zero-order valence-corrected chi connectivity index (χ0v) is 9.25. The van der Waals surface area contributed by atoms with Crippen molar-refractivity contribution in [1.29, 1.82) is 0 Å². The predicted molar refractivity (Wildman–Crippen MR) is 57.8 cm³/mol. The van der Waals surface area contributed by atoms with Gasteiger partial charge in [-0.1, -0.05) is 26.7 Å². The zero-order chi connectivity index (χ0) is 10.6. The van der Waals surface area contributed by atoms with Crippen LogP contribution in [0.1, 0.15) is 46.0 Å². The van der Waals surface area contributed by atoms with Gasteiger partial charge in [0.1, 0.15) is 0 Å². The zero-order valence-electron chi connectivity index (χ0n) is 9.25. The highest BCUT2D eigenvalue weighted by Gasteiger charge is 2.27. The number of rotatable bonds is 5. The minimum Gasteiger partial charge on any atom is -0.352 e. The Balaban J connectivity index is 2.14. The highest BCUT2D eigenvalue weighted by atomic mass is 16.2. The van der Waals surface area contributed by atoms with Crippen molar-refractivity contribution >= 4 is 5.91 Å². The topological polar surface area (TPSA) is 55.1 Å². The van der Waals surface area contributed by atoms with Crippen LogP contribution in [-0.2, 0) is 4.79 Å². The van der Waals surface area contributed by atoms with Gasteiger partial charge < -0.3 is 11.1 Å². The van der Waals surface area contributed by atoms with Crippen LogP contribution in [0.4, 0.5) is 0 Å². The summed E-state index contributed by atoms with van der Waals surface area (Å²) in [6.45, 7) is 4.32. The molecule has 0 spiro atoms. The Morgan fingerprint density at radius 2 is 2.21 bits per heavy atom. The highest BCUT2D eigenvalue weighted by molar-refractivity contribution is 5.81. The van der Waals surface area contributed by atoms with Crippen molar-refractivity contribution in [2.75, 3.05) is 0 Å². The van der Waals surface area contributed by atoms with Crippen molar-refractivity contribution in [3.05, 3.63) is 0 Å². The molecule has 3 N–H and O–H groups in total. The summed E-state index contributed by atoms with van der Waals surface area (Å²) in [5.74, 6) is 0.808. The second-order valence-corrected chi connectivity index (χ2v) is 4.53. The fourth-order valence-electron chi connectivity index (χ4n) is 1.88. The standard InChI is InChI=1S/C11H22N2O/c1-3-4-5-10(12)11(14)13-9-6-8(2)7-9/h8-10H,3-7,12H2,1-2H3,(H,13,14). The molecule has 1 aliphatic carbocycles. The van der Waals surface area contributed by atoms with E-state index in [1.54, 1.807) is 0 Å². The van der Waals surface area contributed by atoms with Crippen LogP contribution in [0.25, 0.3) is 0 Å². The van der Waals surface area contributed by atoms with E-state index in [0.29, 0.717) is 6.04 Å². The summed E-state index contributed by atoms with van der Waals surface area (Å²) in [6.07, 6.45) is 5.18. The molecule has 0 aromatic heterocycles. The molecule has 0 bridgehead atoms. The van der Waals surface area contributed by atoms with Gasteiger partial charge in [0, 0.05) is 6.04 Å². The molecule has 1 fully saturated rings. The Bertz CT molecular complexity index is 188. The number of hydrogen-bond donors (Lipinski definition) is 2. The normalized spacial score (nSPS) is 27.9. The lowest BCUT2D eigenvalue weighted by Gasteiger charge is -2.33.